The Morgan fingerprint density at radius 2 is 1.28 bits per heavy atom. The Balaban J connectivity index is 1.32. The molecule has 0 spiro atoms. The van der Waals surface area contributed by atoms with E-state index in [1.807, 2.05) is 24.3 Å². The van der Waals surface area contributed by atoms with Gasteiger partial charge < -0.3 is 0 Å². The van der Waals surface area contributed by atoms with Crippen LogP contribution in [0.1, 0.15) is 127 Å². The van der Waals surface area contributed by atoms with Crippen molar-refractivity contribution in [3.05, 3.63) is 58.7 Å². The third-order valence-corrected chi connectivity index (χ3v) is 9.48. The highest BCUT2D eigenvalue weighted by molar-refractivity contribution is 5.32. The van der Waals surface area contributed by atoms with Crippen LogP contribution in [0, 0.1) is 35.3 Å². The smallest absolute Gasteiger partial charge is 0.162 e. The zero-order valence-electron chi connectivity index (χ0n) is 22.2. The summed E-state index contributed by atoms with van der Waals surface area (Å²) in [5.41, 5.74) is 1.08. The van der Waals surface area contributed by atoms with Crippen LogP contribution < -0.4 is 0 Å². The lowest BCUT2D eigenvalue weighted by Gasteiger charge is -2.30. The monoisotopic (exact) mass is 504 g/mol. The first kappa shape index (κ1) is 27.5. The number of allylic oxidation sites excluding steroid dienone is 4. The van der Waals surface area contributed by atoms with E-state index in [1.54, 1.807) is 0 Å². The lowest BCUT2D eigenvalue weighted by atomic mass is 9.75. The van der Waals surface area contributed by atoms with Gasteiger partial charge in [-0.3, -0.25) is 0 Å². The molecule has 36 heavy (non-hydrogen) atoms. The van der Waals surface area contributed by atoms with E-state index in [1.165, 1.54) is 6.42 Å². The van der Waals surface area contributed by atoms with Gasteiger partial charge in [0, 0.05) is 11.8 Å². The Hall–Kier alpha value is -1.58. The number of hydrogen-bond acceptors (Lipinski definition) is 0. The normalized spacial score (nSPS) is 31.8. The van der Waals surface area contributed by atoms with E-state index in [2.05, 4.69) is 13.8 Å². The molecule has 3 aliphatic rings. The van der Waals surface area contributed by atoms with Gasteiger partial charge in [-0.15, -0.1) is 0 Å². The van der Waals surface area contributed by atoms with Crippen LogP contribution >= 0.6 is 0 Å². The highest BCUT2D eigenvalue weighted by atomic mass is 19.2. The Morgan fingerprint density at radius 3 is 1.83 bits per heavy atom. The summed E-state index contributed by atoms with van der Waals surface area (Å²) < 4.78 is 59.3. The van der Waals surface area contributed by atoms with Crippen LogP contribution in [-0.2, 0) is 0 Å². The minimum absolute atomic E-state index is 0.0251. The zero-order chi connectivity index (χ0) is 25.7. The predicted octanol–water partition coefficient (Wildman–Crippen LogP) is 10.8. The first-order valence-electron chi connectivity index (χ1n) is 14.6. The topological polar surface area (TPSA) is 0 Å². The highest BCUT2D eigenvalue weighted by Gasteiger charge is 2.31. The molecule has 2 saturated carbocycles. The van der Waals surface area contributed by atoms with Gasteiger partial charge in [-0.05, 0) is 105 Å². The Labute approximate surface area is 215 Å². The van der Waals surface area contributed by atoms with Gasteiger partial charge in [0.2, 0.25) is 0 Å². The van der Waals surface area contributed by atoms with Gasteiger partial charge in [-0.25, -0.2) is 17.6 Å². The van der Waals surface area contributed by atoms with Crippen LogP contribution in [0.2, 0.25) is 0 Å². The molecule has 0 saturated heterocycles. The molecule has 2 atom stereocenters. The molecule has 0 aliphatic heterocycles. The number of halogens is 4. The van der Waals surface area contributed by atoms with Crippen LogP contribution in [0.4, 0.5) is 17.6 Å². The average Bonchev–Trinajstić information content (AvgIpc) is 2.91. The SMILES string of the molecule is CCCCC1CCC(/C=C/C2CCC(c3ccc(C4CCC(CC)CC4)c(F)c3F)CC2)C(F)=C1F. The minimum atomic E-state index is -0.647. The number of benzene rings is 1. The Morgan fingerprint density at radius 1 is 0.694 bits per heavy atom. The fourth-order valence-corrected chi connectivity index (χ4v) is 6.91. The molecule has 0 aromatic heterocycles. The second kappa shape index (κ2) is 12.8. The minimum Gasteiger partial charge on any atom is -0.209 e. The molecule has 0 amide bonds. The summed E-state index contributed by atoms with van der Waals surface area (Å²) in [6.07, 6.45) is 16.5. The highest BCUT2D eigenvalue weighted by Crippen LogP contribution is 2.43. The summed E-state index contributed by atoms with van der Waals surface area (Å²) >= 11 is 0. The predicted molar refractivity (Wildman–Crippen MR) is 140 cm³/mol. The van der Waals surface area contributed by atoms with Crippen molar-refractivity contribution in [3.8, 4) is 0 Å². The van der Waals surface area contributed by atoms with E-state index in [0.29, 0.717) is 24.0 Å². The maximum atomic E-state index is 15.2. The van der Waals surface area contributed by atoms with E-state index < -0.39 is 29.2 Å². The van der Waals surface area contributed by atoms with E-state index >= 15 is 8.78 Å². The van der Waals surface area contributed by atoms with E-state index in [9.17, 15) is 8.78 Å². The van der Waals surface area contributed by atoms with Gasteiger partial charge in [-0.1, -0.05) is 57.4 Å². The standard InChI is InChI=1S/C32H44F4/c1-3-5-6-25-17-18-26(30(34)29(25)33)16-11-22-9-14-24(15-10-22)28-20-19-27(31(35)32(28)36)23-12-7-21(4-2)8-13-23/h11,16,19-26H,3-10,12-15,17-18H2,1-2H3/b16-11+. The fraction of sp³-hybridized carbons (Fsp3) is 0.688. The quantitative estimate of drug-likeness (QED) is 0.244. The van der Waals surface area contributed by atoms with Crippen molar-refractivity contribution in [1.29, 1.82) is 0 Å². The van der Waals surface area contributed by atoms with Crippen molar-refractivity contribution in [2.45, 2.75) is 116 Å². The molecule has 0 N–H and O–H groups in total. The van der Waals surface area contributed by atoms with Gasteiger partial charge in [0.1, 0.15) is 11.7 Å². The summed E-state index contributed by atoms with van der Waals surface area (Å²) in [4.78, 5) is 0. The molecule has 200 valence electrons. The molecule has 4 rings (SSSR count). The van der Waals surface area contributed by atoms with Gasteiger partial charge in [0.05, 0.1) is 0 Å². The van der Waals surface area contributed by atoms with Crippen molar-refractivity contribution in [2.75, 3.05) is 0 Å². The molecule has 2 fully saturated rings. The molecule has 2 unspecified atom stereocenters. The summed E-state index contributed by atoms with van der Waals surface area (Å²) in [5.74, 6) is -1.91. The molecule has 0 radical (unpaired) electrons. The van der Waals surface area contributed by atoms with Gasteiger partial charge in [-0.2, -0.15) is 0 Å². The number of unbranched alkanes of at least 4 members (excludes halogenated alkanes) is 1. The van der Waals surface area contributed by atoms with Crippen molar-refractivity contribution in [2.24, 2.45) is 23.7 Å². The molecule has 1 aromatic carbocycles. The van der Waals surface area contributed by atoms with Crippen LogP contribution in [-0.4, -0.2) is 0 Å². The molecule has 0 bridgehead atoms. The molecule has 3 aliphatic carbocycles. The van der Waals surface area contributed by atoms with E-state index in [-0.39, 0.29) is 23.7 Å². The molecule has 4 heteroatoms. The maximum absolute atomic E-state index is 15.2. The summed E-state index contributed by atoms with van der Waals surface area (Å²) in [6, 6.07) is 3.68. The Bertz CT molecular complexity index is 916. The lowest BCUT2D eigenvalue weighted by molar-refractivity contribution is 0.302. The zero-order valence-corrected chi connectivity index (χ0v) is 22.2. The van der Waals surface area contributed by atoms with Crippen LogP contribution in [0.5, 0.6) is 0 Å². The second-order valence-corrected chi connectivity index (χ2v) is 11.7. The summed E-state index contributed by atoms with van der Waals surface area (Å²) in [7, 11) is 0. The van der Waals surface area contributed by atoms with Crippen molar-refractivity contribution in [1.82, 2.24) is 0 Å². The largest absolute Gasteiger partial charge is 0.209 e. The van der Waals surface area contributed by atoms with Gasteiger partial charge in [0.25, 0.3) is 0 Å². The third kappa shape index (κ3) is 6.27. The molecular formula is C32H44F4. The van der Waals surface area contributed by atoms with Crippen molar-refractivity contribution < 1.29 is 17.6 Å². The molecule has 0 nitrogen and oxygen atoms in total. The first-order valence-corrected chi connectivity index (χ1v) is 14.6. The van der Waals surface area contributed by atoms with Crippen LogP contribution in [0.3, 0.4) is 0 Å². The first-order chi connectivity index (χ1) is 17.4. The van der Waals surface area contributed by atoms with E-state index in [0.717, 1.165) is 76.5 Å². The van der Waals surface area contributed by atoms with Gasteiger partial charge >= 0.3 is 0 Å². The third-order valence-electron chi connectivity index (χ3n) is 9.48. The van der Waals surface area contributed by atoms with Crippen LogP contribution in [0.25, 0.3) is 0 Å². The van der Waals surface area contributed by atoms with Gasteiger partial charge in [0.15, 0.2) is 11.6 Å². The molecule has 0 heterocycles. The van der Waals surface area contributed by atoms with E-state index in [4.69, 9.17) is 0 Å². The fourth-order valence-electron chi connectivity index (χ4n) is 6.91. The lowest BCUT2D eigenvalue weighted by Crippen LogP contribution is -2.17. The molecule has 1 aromatic rings. The van der Waals surface area contributed by atoms with Crippen LogP contribution in [0.15, 0.2) is 35.9 Å². The second-order valence-electron chi connectivity index (χ2n) is 11.7. The van der Waals surface area contributed by atoms with Crippen molar-refractivity contribution in [3.63, 3.8) is 0 Å². The number of hydrogen-bond donors (Lipinski definition) is 0. The molecular weight excluding hydrogens is 460 g/mol. The number of rotatable bonds is 8. The average molecular weight is 505 g/mol. The Kier molecular flexibility index (Phi) is 9.75. The summed E-state index contributed by atoms with van der Waals surface area (Å²) in [5, 5.41) is 0. The summed E-state index contributed by atoms with van der Waals surface area (Å²) in [6.45, 7) is 4.28. The van der Waals surface area contributed by atoms with Crippen molar-refractivity contribution >= 4 is 0 Å². The maximum Gasteiger partial charge on any atom is 0.162 e.